The van der Waals surface area contributed by atoms with E-state index in [1.165, 1.54) is 51.0 Å². The van der Waals surface area contributed by atoms with Crippen molar-refractivity contribution >= 4 is 17.8 Å². The molecule has 3 atom stereocenters. The average molecular weight is 692 g/mol. The third kappa shape index (κ3) is 14.8. The maximum absolute atomic E-state index is 13.8. The Labute approximate surface area is 292 Å². The van der Waals surface area contributed by atoms with Crippen molar-refractivity contribution in [1.82, 2.24) is 5.32 Å². The van der Waals surface area contributed by atoms with Gasteiger partial charge in [0.15, 0.2) is 11.4 Å². The molecule has 49 heavy (non-hydrogen) atoms. The highest BCUT2D eigenvalue weighted by atomic mass is 16.7. The number of rotatable bonds is 23. The number of unbranched alkanes of at least 4 members (excludes halogenated alkanes) is 8. The van der Waals surface area contributed by atoms with Crippen LogP contribution >= 0.6 is 0 Å². The summed E-state index contributed by atoms with van der Waals surface area (Å²) in [5, 5.41) is 33.8. The Morgan fingerprint density at radius 3 is 2.10 bits per heavy atom. The molecule has 0 aliphatic carbocycles. The number of aromatic hydroxyl groups is 1. The minimum Gasteiger partial charge on any atom is -0.508 e. The molecule has 1 aromatic carbocycles. The molecule has 0 aromatic heterocycles. The van der Waals surface area contributed by atoms with Gasteiger partial charge < -0.3 is 39.6 Å². The van der Waals surface area contributed by atoms with Gasteiger partial charge >= 0.3 is 11.9 Å². The third-order valence-corrected chi connectivity index (χ3v) is 8.70. The number of methoxy groups -OCH3 is 1. The SMILES string of the molecule is CCCCCCCC1(CCCCCC/C=C/[C@H](C(=O)N[C@@H](Cc2ccc(O)cc2)C(=O)OC)[C@@](O)(CCO)C(=O)OC(C)(C)C)OCCO1. The van der Waals surface area contributed by atoms with Crippen LogP contribution in [0.4, 0.5) is 0 Å². The number of hydrogen-bond acceptors (Lipinski definition) is 10. The number of aliphatic hydroxyl groups excluding tert-OH is 1. The van der Waals surface area contributed by atoms with E-state index in [4.69, 9.17) is 18.9 Å². The molecule has 0 spiro atoms. The van der Waals surface area contributed by atoms with Crippen LogP contribution in [0.2, 0.25) is 0 Å². The van der Waals surface area contributed by atoms with Gasteiger partial charge in [-0.15, -0.1) is 0 Å². The Hall–Kier alpha value is -2.99. The molecule has 1 heterocycles. The van der Waals surface area contributed by atoms with E-state index in [1.807, 2.05) is 0 Å². The van der Waals surface area contributed by atoms with Gasteiger partial charge in [0.05, 0.1) is 26.2 Å². The largest absolute Gasteiger partial charge is 0.508 e. The molecule has 1 fully saturated rings. The Balaban J connectivity index is 2.10. The molecule has 1 aliphatic heterocycles. The second-order valence-corrected chi connectivity index (χ2v) is 14.0. The quantitative estimate of drug-likeness (QED) is 0.0640. The van der Waals surface area contributed by atoms with E-state index in [2.05, 4.69) is 12.2 Å². The van der Waals surface area contributed by atoms with Gasteiger partial charge in [-0.2, -0.15) is 0 Å². The lowest BCUT2D eigenvalue weighted by Gasteiger charge is -2.34. The first-order valence-corrected chi connectivity index (χ1v) is 18.0. The van der Waals surface area contributed by atoms with Crippen LogP contribution in [0.1, 0.15) is 117 Å². The highest BCUT2D eigenvalue weighted by molar-refractivity contribution is 5.93. The first-order valence-electron chi connectivity index (χ1n) is 18.0. The summed E-state index contributed by atoms with van der Waals surface area (Å²) in [5.74, 6) is -4.47. The Bertz CT molecular complexity index is 1160. The van der Waals surface area contributed by atoms with Gasteiger partial charge in [-0.3, -0.25) is 4.79 Å². The normalized spacial score (nSPS) is 17.0. The molecule has 278 valence electrons. The van der Waals surface area contributed by atoms with Gasteiger partial charge in [0.2, 0.25) is 5.91 Å². The first-order chi connectivity index (χ1) is 23.3. The van der Waals surface area contributed by atoms with Crippen LogP contribution in [0.15, 0.2) is 36.4 Å². The molecule has 11 heteroatoms. The standard InChI is InChI=1S/C38H61NO10/c1-6-7-8-12-15-22-37(47-26-27-48-37)23-16-13-10-9-11-14-17-31(38(45,24-25-40)35(44)49-36(2,3)4)33(42)39-32(34(43)46-5)28-29-18-20-30(41)21-19-29/h14,17-21,31-32,40-41,45H,6-13,15-16,22-28H2,1-5H3,(H,39,42)/b17-14+/t31-,32+,38+/m1/s1. The maximum atomic E-state index is 13.8. The van der Waals surface area contributed by atoms with Crippen molar-refractivity contribution in [2.24, 2.45) is 5.92 Å². The second kappa shape index (κ2) is 21.3. The van der Waals surface area contributed by atoms with Crippen molar-refractivity contribution in [3.8, 4) is 5.75 Å². The second-order valence-electron chi connectivity index (χ2n) is 14.0. The molecular weight excluding hydrogens is 630 g/mol. The number of benzene rings is 1. The average Bonchev–Trinajstić information content (AvgIpc) is 3.52. The Morgan fingerprint density at radius 1 is 0.959 bits per heavy atom. The minimum absolute atomic E-state index is 0.0379. The molecular formula is C38H61NO10. The van der Waals surface area contributed by atoms with Crippen LogP contribution in [0.5, 0.6) is 5.75 Å². The summed E-state index contributed by atoms with van der Waals surface area (Å²) in [7, 11) is 1.20. The van der Waals surface area contributed by atoms with E-state index >= 15 is 0 Å². The van der Waals surface area contributed by atoms with Crippen molar-refractivity contribution in [3.63, 3.8) is 0 Å². The van der Waals surface area contributed by atoms with Gasteiger partial charge in [-0.25, -0.2) is 9.59 Å². The van der Waals surface area contributed by atoms with E-state index in [1.54, 1.807) is 39.0 Å². The fourth-order valence-electron chi connectivity index (χ4n) is 6.00. The number of allylic oxidation sites excluding steroid dienone is 1. The number of esters is 2. The van der Waals surface area contributed by atoms with Crippen molar-refractivity contribution in [1.29, 1.82) is 0 Å². The summed E-state index contributed by atoms with van der Waals surface area (Å²) < 4.78 is 22.5. The molecule has 0 saturated carbocycles. The van der Waals surface area contributed by atoms with E-state index in [0.29, 0.717) is 25.2 Å². The van der Waals surface area contributed by atoms with Gasteiger partial charge in [-0.1, -0.05) is 69.7 Å². The monoisotopic (exact) mass is 691 g/mol. The molecule has 11 nitrogen and oxygen atoms in total. The number of hydrogen-bond donors (Lipinski definition) is 4. The highest BCUT2D eigenvalue weighted by Gasteiger charge is 2.49. The molecule has 1 aliphatic rings. The fourth-order valence-corrected chi connectivity index (χ4v) is 6.00. The molecule has 2 rings (SSSR count). The summed E-state index contributed by atoms with van der Waals surface area (Å²) in [6.07, 6.45) is 14.8. The predicted octanol–water partition coefficient (Wildman–Crippen LogP) is 5.66. The Kier molecular flexibility index (Phi) is 18.3. The van der Waals surface area contributed by atoms with Crippen LogP contribution in [0.3, 0.4) is 0 Å². The van der Waals surface area contributed by atoms with E-state index in [-0.39, 0.29) is 12.2 Å². The summed E-state index contributed by atoms with van der Waals surface area (Å²) >= 11 is 0. The summed E-state index contributed by atoms with van der Waals surface area (Å²) in [4.78, 5) is 39.9. The smallest absolute Gasteiger partial charge is 0.339 e. The summed E-state index contributed by atoms with van der Waals surface area (Å²) in [5.41, 5.74) is -2.74. The van der Waals surface area contributed by atoms with Crippen LogP contribution in [-0.2, 0) is 39.8 Å². The topological polar surface area (TPSA) is 161 Å². The van der Waals surface area contributed by atoms with Gasteiger partial charge in [0, 0.05) is 32.3 Å². The Morgan fingerprint density at radius 2 is 1.55 bits per heavy atom. The predicted molar refractivity (Wildman–Crippen MR) is 187 cm³/mol. The lowest BCUT2D eigenvalue weighted by atomic mass is 9.82. The van der Waals surface area contributed by atoms with Crippen molar-refractivity contribution < 1.29 is 48.7 Å². The summed E-state index contributed by atoms with van der Waals surface area (Å²) in [6.45, 7) is 7.81. The zero-order valence-electron chi connectivity index (χ0n) is 30.3. The molecule has 1 amide bonds. The van der Waals surface area contributed by atoms with Gasteiger partial charge in [0.1, 0.15) is 17.4 Å². The number of amides is 1. The number of phenols is 1. The van der Waals surface area contributed by atoms with E-state index in [0.717, 1.165) is 44.9 Å². The summed E-state index contributed by atoms with van der Waals surface area (Å²) in [6, 6.07) is 5.00. The van der Waals surface area contributed by atoms with E-state index in [9.17, 15) is 29.7 Å². The van der Waals surface area contributed by atoms with E-state index < -0.39 is 59.8 Å². The van der Waals surface area contributed by atoms with Crippen molar-refractivity contribution in [2.45, 2.75) is 141 Å². The first kappa shape index (κ1) is 42.2. The number of aliphatic hydroxyl groups is 2. The van der Waals surface area contributed by atoms with Crippen LogP contribution in [0, 0.1) is 5.92 Å². The van der Waals surface area contributed by atoms with Gasteiger partial charge in [0.25, 0.3) is 0 Å². The van der Waals surface area contributed by atoms with Crippen LogP contribution in [-0.4, -0.2) is 83.1 Å². The third-order valence-electron chi connectivity index (χ3n) is 8.70. The molecule has 0 radical (unpaired) electrons. The molecule has 1 aromatic rings. The molecule has 0 unspecified atom stereocenters. The van der Waals surface area contributed by atoms with Gasteiger partial charge in [-0.05, 0) is 64.2 Å². The number of carbonyl (C=O) groups excluding carboxylic acids is 3. The zero-order chi connectivity index (χ0) is 36.3. The van der Waals surface area contributed by atoms with Crippen LogP contribution < -0.4 is 5.32 Å². The lowest BCUT2D eigenvalue weighted by Crippen LogP contribution is -2.56. The number of phenolic OH excluding ortho intramolecular Hbond substituents is 1. The molecule has 1 saturated heterocycles. The molecule has 0 bridgehead atoms. The van der Waals surface area contributed by atoms with Crippen molar-refractivity contribution in [2.75, 3.05) is 26.9 Å². The number of carbonyl (C=O) groups is 3. The number of nitrogens with one attached hydrogen (secondary N) is 1. The number of ether oxygens (including phenoxy) is 4. The van der Waals surface area contributed by atoms with Crippen molar-refractivity contribution in [3.05, 3.63) is 42.0 Å². The zero-order valence-corrected chi connectivity index (χ0v) is 30.3. The fraction of sp³-hybridized carbons (Fsp3) is 0.711. The highest BCUT2D eigenvalue weighted by Crippen LogP contribution is 2.32. The minimum atomic E-state index is -2.41. The maximum Gasteiger partial charge on any atom is 0.339 e. The molecule has 4 N–H and O–H groups in total. The lowest BCUT2D eigenvalue weighted by molar-refractivity contribution is -0.185. The van der Waals surface area contributed by atoms with Crippen LogP contribution in [0.25, 0.3) is 0 Å².